The minimum Gasteiger partial charge on any atom is -0.313 e. The highest BCUT2D eigenvalue weighted by Gasteiger charge is 1.97. The van der Waals surface area contributed by atoms with Crippen LogP contribution in [0, 0.1) is 0 Å². The molecule has 3 heteroatoms. The van der Waals surface area contributed by atoms with E-state index in [-0.39, 0.29) is 0 Å². The molecule has 0 unspecified atom stereocenters. The number of rotatable bonds is 8. The summed E-state index contributed by atoms with van der Waals surface area (Å²) in [6.07, 6.45) is 0. The van der Waals surface area contributed by atoms with Crippen molar-refractivity contribution >= 4 is 11.8 Å². The summed E-state index contributed by atoms with van der Waals surface area (Å²) in [7, 11) is 2.19. The quantitative estimate of drug-likeness (QED) is 0.606. The van der Waals surface area contributed by atoms with Gasteiger partial charge in [0.25, 0.3) is 0 Å². The topological polar surface area (TPSA) is 15.3 Å². The molecule has 80 valence electrons. The largest absolute Gasteiger partial charge is 0.313 e. The molecule has 0 saturated heterocycles. The molecule has 1 N–H and O–H groups in total. The summed E-state index contributed by atoms with van der Waals surface area (Å²) >= 11 is 2.01. The molecule has 0 fully saturated rings. The van der Waals surface area contributed by atoms with E-state index in [0.29, 0.717) is 6.04 Å². The van der Waals surface area contributed by atoms with Crippen molar-refractivity contribution in [1.29, 1.82) is 0 Å². The van der Waals surface area contributed by atoms with Crippen molar-refractivity contribution in [3.05, 3.63) is 0 Å². The zero-order valence-corrected chi connectivity index (χ0v) is 10.3. The standard InChI is InChI=1S/C10H24N2S/c1-5-13-9-8-12(4)7-6-11-10(2)3/h10-11H,5-9H2,1-4H3. The second kappa shape index (κ2) is 8.85. The molecule has 0 aromatic carbocycles. The summed E-state index contributed by atoms with van der Waals surface area (Å²) in [5.41, 5.74) is 0. The SMILES string of the molecule is CCSCCN(C)CCNC(C)C. The second-order valence-electron chi connectivity index (χ2n) is 3.61. The lowest BCUT2D eigenvalue weighted by Crippen LogP contribution is -2.33. The minimum absolute atomic E-state index is 0.610. The average Bonchev–Trinajstić information content (AvgIpc) is 2.04. The Bertz CT molecular complexity index is 107. The monoisotopic (exact) mass is 204 g/mol. The maximum Gasteiger partial charge on any atom is 0.0104 e. The van der Waals surface area contributed by atoms with E-state index < -0.39 is 0 Å². The predicted octanol–water partition coefficient (Wildman–Crippen LogP) is 1.67. The molecule has 0 amide bonds. The molecule has 0 rings (SSSR count). The van der Waals surface area contributed by atoms with Gasteiger partial charge in [0.15, 0.2) is 0 Å². The van der Waals surface area contributed by atoms with Crippen LogP contribution in [0.4, 0.5) is 0 Å². The molecule has 2 nitrogen and oxygen atoms in total. The van der Waals surface area contributed by atoms with Crippen LogP contribution in [0.3, 0.4) is 0 Å². The highest BCUT2D eigenvalue weighted by Crippen LogP contribution is 1.97. The number of nitrogens with one attached hydrogen (secondary N) is 1. The van der Waals surface area contributed by atoms with Crippen LogP contribution >= 0.6 is 11.8 Å². The Morgan fingerprint density at radius 1 is 1.31 bits per heavy atom. The molecule has 0 radical (unpaired) electrons. The molecule has 0 aliphatic heterocycles. The summed E-state index contributed by atoms with van der Waals surface area (Å²) < 4.78 is 0. The molecule has 0 aliphatic carbocycles. The van der Waals surface area contributed by atoms with E-state index >= 15 is 0 Å². The second-order valence-corrected chi connectivity index (χ2v) is 5.00. The fraction of sp³-hybridized carbons (Fsp3) is 1.00. The molecule has 0 spiro atoms. The third-order valence-corrected chi connectivity index (χ3v) is 2.75. The highest BCUT2D eigenvalue weighted by molar-refractivity contribution is 7.99. The van der Waals surface area contributed by atoms with Crippen LogP contribution in [0.15, 0.2) is 0 Å². The van der Waals surface area contributed by atoms with Crippen molar-refractivity contribution < 1.29 is 0 Å². The molecule has 0 aromatic rings. The van der Waals surface area contributed by atoms with E-state index in [0.717, 1.165) is 13.1 Å². The molecule has 13 heavy (non-hydrogen) atoms. The third kappa shape index (κ3) is 10.2. The molecule has 0 saturated carbocycles. The zero-order valence-electron chi connectivity index (χ0n) is 9.47. The van der Waals surface area contributed by atoms with Crippen molar-refractivity contribution in [2.24, 2.45) is 0 Å². The Morgan fingerprint density at radius 2 is 2.00 bits per heavy atom. The van der Waals surface area contributed by atoms with Gasteiger partial charge in [-0.15, -0.1) is 0 Å². The first kappa shape index (κ1) is 13.3. The summed E-state index contributed by atoms with van der Waals surface area (Å²) in [5.74, 6) is 2.49. The number of thioether (sulfide) groups is 1. The van der Waals surface area contributed by atoms with Gasteiger partial charge in [-0.2, -0.15) is 11.8 Å². The van der Waals surface area contributed by atoms with Gasteiger partial charge in [-0.25, -0.2) is 0 Å². The van der Waals surface area contributed by atoms with E-state index in [1.807, 2.05) is 11.8 Å². The van der Waals surface area contributed by atoms with Crippen molar-refractivity contribution in [3.63, 3.8) is 0 Å². The highest BCUT2D eigenvalue weighted by atomic mass is 32.2. The Balaban J connectivity index is 3.15. The first-order valence-corrected chi connectivity index (χ1v) is 6.32. The third-order valence-electron chi connectivity index (χ3n) is 1.87. The summed E-state index contributed by atoms with van der Waals surface area (Å²) in [4.78, 5) is 2.39. The summed E-state index contributed by atoms with van der Waals surface area (Å²) in [5, 5.41) is 3.42. The van der Waals surface area contributed by atoms with Crippen molar-refractivity contribution in [3.8, 4) is 0 Å². The van der Waals surface area contributed by atoms with Gasteiger partial charge in [0.05, 0.1) is 0 Å². The Labute approximate surface area is 87.5 Å². The number of hydrogen-bond donors (Lipinski definition) is 1. The van der Waals surface area contributed by atoms with Crippen LogP contribution in [0.25, 0.3) is 0 Å². The maximum absolute atomic E-state index is 3.42. The van der Waals surface area contributed by atoms with Crippen LogP contribution in [0.5, 0.6) is 0 Å². The average molecular weight is 204 g/mol. The first-order valence-electron chi connectivity index (χ1n) is 5.16. The molecule has 0 aromatic heterocycles. The molecular weight excluding hydrogens is 180 g/mol. The van der Waals surface area contributed by atoms with Crippen molar-refractivity contribution in [2.75, 3.05) is 38.2 Å². The first-order chi connectivity index (χ1) is 6.16. The lowest BCUT2D eigenvalue weighted by molar-refractivity contribution is 0.346. The molecular formula is C10H24N2S. The van der Waals surface area contributed by atoms with Gasteiger partial charge in [-0.1, -0.05) is 20.8 Å². The van der Waals surface area contributed by atoms with Gasteiger partial charge in [-0.3, -0.25) is 0 Å². The van der Waals surface area contributed by atoms with Crippen LogP contribution in [0.1, 0.15) is 20.8 Å². The van der Waals surface area contributed by atoms with Crippen LogP contribution in [-0.2, 0) is 0 Å². The fourth-order valence-electron chi connectivity index (χ4n) is 1.02. The van der Waals surface area contributed by atoms with Gasteiger partial charge in [0.2, 0.25) is 0 Å². The maximum atomic E-state index is 3.42. The van der Waals surface area contributed by atoms with Gasteiger partial charge in [-0.05, 0) is 12.8 Å². The number of hydrogen-bond acceptors (Lipinski definition) is 3. The number of nitrogens with zero attached hydrogens (tertiary/aromatic N) is 1. The van der Waals surface area contributed by atoms with E-state index in [1.54, 1.807) is 0 Å². The van der Waals surface area contributed by atoms with Crippen LogP contribution < -0.4 is 5.32 Å². The smallest absolute Gasteiger partial charge is 0.0104 e. The predicted molar refractivity (Wildman–Crippen MR) is 63.6 cm³/mol. The van der Waals surface area contributed by atoms with E-state index in [9.17, 15) is 0 Å². The summed E-state index contributed by atoms with van der Waals surface area (Å²) in [6.45, 7) is 10.1. The Morgan fingerprint density at radius 3 is 2.54 bits per heavy atom. The fourth-order valence-corrected chi connectivity index (χ4v) is 1.75. The van der Waals surface area contributed by atoms with Crippen molar-refractivity contribution in [2.45, 2.75) is 26.8 Å². The van der Waals surface area contributed by atoms with Gasteiger partial charge in [0, 0.05) is 31.4 Å². The summed E-state index contributed by atoms with van der Waals surface area (Å²) in [6, 6.07) is 0.610. The lowest BCUT2D eigenvalue weighted by atomic mass is 10.4. The zero-order chi connectivity index (χ0) is 10.1. The normalized spacial score (nSPS) is 11.5. The van der Waals surface area contributed by atoms with Crippen LogP contribution in [-0.4, -0.2) is 49.1 Å². The Hall–Kier alpha value is 0.270. The molecule has 0 bridgehead atoms. The molecule has 0 aliphatic rings. The van der Waals surface area contributed by atoms with Gasteiger partial charge < -0.3 is 10.2 Å². The van der Waals surface area contributed by atoms with E-state index in [2.05, 4.69) is 38.0 Å². The van der Waals surface area contributed by atoms with E-state index in [4.69, 9.17) is 0 Å². The number of likely N-dealkylation sites (N-methyl/N-ethyl adjacent to an activating group) is 1. The van der Waals surface area contributed by atoms with Crippen LogP contribution in [0.2, 0.25) is 0 Å². The van der Waals surface area contributed by atoms with Gasteiger partial charge in [0.1, 0.15) is 0 Å². The minimum atomic E-state index is 0.610. The Kier molecular flexibility index (Phi) is 9.03. The molecule has 0 heterocycles. The molecule has 0 atom stereocenters. The van der Waals surface area contributed by atoms with Crippen molar-refractivity contribution in [1.82, 2.24) is 10.2 Å². The van der Waals surface area contributed by atoms with Gasteiger partial charge >= 0.3 is 0 Å². The lowest BCUT2D eigenvalue weighted by Gasteiger charge is -2.17. The van der Waals surface area contributed by atoms with E-state index in [1.165, 1.54) is 18.1 Å².